The molecule has 1 aliphatic rings. The molecule has 0 saturated heterocycles. The van der Waals surface area contributed by atoms with Gasteiger partial charge in [0.15, 0.2) is 11.6 Å². The van der Waals surface area contributed by atoms with E-state index in [-0.39, 0.29) is 34.2 Å². The van der Waals surface area contributed by atoms with Gasteiger partial charge < -0.3 is 24.2 Å². The van der Waals surface area contributed by atoms with E-state index >= 15 is 0 Å². The fraction of sp³-hybridized carbons (Fsp3) is 0.308. The van der Waals surface area contributed by atoms with Crippen LogP contribution in [0.3, 0.4) is 0 Å². The Hall–Kier alpha value is -3.58. The zero-order valence-electron chi connectivity index (χ0n) is 18.8. The first-order valence-corrected chi connectivity index (χ1v) is 10.7. The molecule has 0 amide bonds. The highest BCUT2D eigenvalue weighted by Crippen LogP contribution is 2.53. The molecule has 2 aromatic carbocycles. The second-order valence-corrected chi connectivity index (χ2v) is 9.41. The van der Waals surface area contributed by atoms with Crippen LogP contribution in [0, 0.1) is 0 Å². The van der Waals surface area contributed by atoms with E-state index in [1.807, 2.05) is 13.0 Å². The van der Waals surface area contributed by atoms with Crippen molar-refractivity contribution >= 4 is 33.5 Å². The van der Waals surface area contributed by atoms with Crippen molar-refractivity contribution in [3.8, 4) is 11.5 Å². The summed E-state index contributed by atoms with van der Waals surface area (Å²) >= 11 is 0. The Kier molecular flexibility index (Phi) is 4.33. The maximum Gasteiger partial charge on any atom is 0.163 e. The number of Topliss-reactive ketones (excluding diaryl/α,β-unsaturated/α-hetero) is 2. The molecule has 2 atom stereocenters. The summed E-state index contributed by atoms with van der Waals surface area (Å²) in [5.74, 6) is 0.0667. The van der Waals surface area contributed by atoms with Crippen LogP contribution in [0.5, 0.6) is 11.5 Å². The molecule has 0 radical (unpaired) electrons. The summed E-state index contributed by atoms with van der Waals surface area (Å²) in [4.78, 5) is 23.9. The average molecular weight is 448 g/mol. The van der Waals surface area contributed by atoms with Crippen molar-refractivity contribution in [1.82, 2.24) is 0 Å². The molecule has 0 spiro atoms. The van der Waals surface area contributed by atoms with E-state index in [9.17, 15) is 24.9 Å². The summed E-state index contributed by atoms with van der Waals surface area (Å²) in [6.07, 6.45) is 0.909. The largest absolute Gasteiger partial charge is 0.507 e. The van der Waals surface area contributed by atoms with Gasteiger partial charge in [-0.15, -0.1) is 0 Å². The summed E-state index contributed by atoms with van der Waals surface area (Å²) in [5.41, 5.74) is -0.121. The normalized spacial score (nSPS) is 22.6. The van der Waals surface area contributed by atoms with E-state index in [0.717, 1.165) is 0 Å². The topological polar surface area (TPSA) is 121 Å². The van der Waals surface area contributed by atoms with Crippen LogP contribution in [0.25, 0.3) is 21.9 Å². The number of hydrogen-bond donors (Lipinski definition) is 3. The van der Waals surface area contributed by atoms with E-state index in [4.69, 9.17) is 8.83 Å². The second-order valence-electron chi connectivity index (χ2n) is 9.41. The summed E-state index contributed by atoms with van der Waals surface area (Å²) in [7, 11) is 0. The molecule has 0 unspecified atom stereocenters. The third kappa shape index (κ3) is 2.99. The first-order valence-electron chi connectivity index (χ1n) is 10.7. The number of furan rings is 2. The van der Waals surface area contributed by atoms with Crippen molar-refractivity contribution in [2.24, 2.45) is 0 Å². The van der Waals surface area contributed by atoms with E-state index in [2.05, 4.69) is 0 Å². The molecule has 1 aliphatic carbocycles. The highest BCUT2D eigenvalue weighted by molar-refractivity contribution is 6.02. The number of ketones is 2. The van der Waals surface area contributed by atoms with Gasteiger partial charge in [-0.3, -0.25) is 9.59 Å². The highest BCUT2D eigenvalue weighted by atomic mass is 16.4. The van der Waals surface area contributed by atoms with Crippen LogP contribution in [0.15, 0.2) is 39.2 Å². The predicted molar refractivity (Wildman–Crippen MR) is 121 cm³/mol. The first-order chi connectivity index (χ1) is 15.4. The SMILES string of the molecule is CC(=O)c1cc2cc([C@@]3(C)CC[C@](C)(O)c4oc5cc(O)c(C(C)=O)cc5c43)oc2cc1O. The third-order valence-electron chi connectivity index (χ3n) is 6.90. The lowest BCUT2D eigenvalue weighted by atomic mass is 9.67. The maximum absolute atomic E-state index is 12.1. The van der Waals surface area contributed by atoms with Crippen LogP contribution >= 0.6 is 0 Å². The van der Waals surface area contributed by atoms with Crippen LogP contribution in [-0.4, -0.2) is 26.9 Å². The standard InChI is InChI=1S/C26H24O7/c1-12(27)15-7-14-8-22(32-20(14)10-18(15)29)25(3)5-6-26(4,31)24-23(25)17-9-16(13(2)28)19(30)11-21(17)33-24/h7-11,29-31H,5-6H2,1-4H3/t25-,26+/m1/s1. The zero-order valence-corrected chi connectivity index (χ0v) is 18.8. The van der Waals surface area contributed by atoms with Gasteiger partial charge in [0.1, 0.15) is 39.8 Å². The van der Waals surface area contributed by atoms with Gasteiger partial charge in [-0.2, -0.15) is 0 Å². The fourth-order valence-electron chi connectivity index (χ4n) is 4.95. The van der Waals surface area contributed by atoms with Crippen LogP contribution in [0.1, 0.15) is 78.3 Å². The number of aromatic hydroxyl groups is 2. The Balaban J connectivity index is 1.80. The quantitative estimate of drug-likeness (QED) is 0.364. The highest BCUT2D eigenvalue weighted by Gasteiger charge is 2.48. The minimum atomic E-state index is -1.24. The smallest absolute Gasteiger partial charge is 0.163 e. The lowest BCUT2D eigenvalue weighted by molar-refractivity contribution is 0.00741. The van der Waals surface area contributed by atoms with E-state index in [1.165, 1.54) is 26.0 Å². The Morgan fingerprint density at radius 3 is 2.09 bits per heavy atom. The number of hydrogen-bond acceptors (Lipinski definition) is 7. The maximum atomic E-state index is 12.1. The Morgan fingerprint density at radius 1 is 0.848 bits per heavy atom. The molecule has 2 aromatic heterocycles. The molecule has 33 heavy (non-hydrogen) atoms. The van der Waals surface area contributed by atoms with Crippen LogP contribution in [-0.2, 0) is 11.0 Å². The van der Waals surface area contributed by atoms with Crippen molar-refractivity contribution in [2.45, 2.75) is 51.6 Å². The number of carbonyl (C=O) groups excluding carboxylic acids is 2. The Bertz CT molecular complexity index is 1480. The molecule has 7 nitrogen and oxygen atoms in total. The molecule has 0 fully saturated rings. The number of phenolic OH excluding ortho intramolecular Hbond substituents is 2. The van der Waals surface area contributed by atoms with E-state index < -0.39 is 11.0 Å². The van der Waals surface area contributed by atoms with Crippen molar-refractivity contribution in [3.05, 3.63) is 58.5 Å². The van der Waals surface area contributed by atoms with Gasteiger partial charge in [0, 0.05) is 28.5 Å². The fourth-order valence-corrected chi connectivity index (χ4v) is 4.95. The zero-order chi connectivity index (χ0) is 23.9. The van der Waals surface area contributed by atoms with Gasteiger partial charge in [-0.25, -0.2) is 0 Å². The van der Waals surface area contributed by atoms with Crippen molar-refractivity contribution in [3.63, 3.8) is 0 Å². The lowest BCUT2D eigenvalue weighted by Crippen LogP contribution is -2.37. The lowest BCUT2D eigenvalue weighted by Gasteiger charge is -2.38. The van der Waals surface area contributed by atoms with Crippen molar-refractivity contribution in [1.29, 1.82) is 0 Å². The number of rotatable bonds is 3. The molecular weight excluding hydrogens is 424 g/mol. The third-order valence-corrected chi connectivity index (χ3v) is 6.90. The van der Waals surface area contributed by atoms with Crippen molar-refractivity contribution in [2.75, 3.05) is 0 Å². The van der Waals surface area contributed by atoms with Crippen LogP contribution in [0.2, 0.25) is 0 Å². The molecular formula is C26H24O7. The summed E-state index contributed by atoms with van der Waals surface area (Å²) in [6.45, 7) is 6.41. The number of benzene rings is 2. The van der Waals surface area contributed by atoms with Crippen LogP contribution in [0.4, 0.5) is 0 Å². The molecule has 5 rings (SSSR count). The molecule has 0 saturated carbocycles. The van der Waals surface area contributed by atoms with Gasteiger partial charge in [0.25, 0.3) is 0 Å². The Labute approximate surface area is 189 Å². The van der Waals surface area contributed by atoms with Crippen molar-refractivity contribution < 1.29 is 33.7 Å². The van der Waals surface area contributed by atoms with E-state index in [0.29, 0.717) is 51.9 Å². The molecule has 7 heteroatoms. The van der Waals surface area contributed by atoms with Crippen LogP contribution < -0.4 is 0 Å². The number of aliphatic hydroxyl groups is 1. The number of phenols is 2. The molecule has 0 bridgehead atoms. The monoisotopic (exact) mass is 448 g/mol. The molecule has 0 aliphatic heterocycles. The summed E-state index contributed by atoms with van der Waals surface area (Å²) in [6, 6.07) is 7.85. The average Bonchev–Trinajstić information content (AvgIpc) is 3.31. The molecule has 2 heterocycles. The molecule has 3 N–H and O–H groups in total. The van der Waals surface area contributed by atoms with Gasteiger partial charge >= 0.3 is 0 Å². The number of fused-ring (bicyclic) bond motifs is 4. The predicted octanol–water partition coefficient (Wildman–Crippen LogP) is 5.30. The van der Waals surface area contributed by atoms with Gasteiger partial charge in [0.2, 0.25) is 0 Å². The van der Waals surface area contributed by atoms with E-state index in [1.54, 1.807) is 19.1 Å². The Morgan fingerprint density at radius 2 is 1.45 bits per heavy atom. The second kappa shape index (κ2) is 6.71. The molecule has 170 valence electrons. The van der Waals surface area contributed by atoms with Gasteiger partial charge in [0.05, 0.1) is 16.5 Å². The summed E-state index contributed by atoms with van der Waals surface area (Å²) < 4.78 is 12.2. The first kappa shape index (κ1) is 21.3. The number of carbonyl (C=O) groups is 2. The van der Waals surface area contributed by atoms with Gasteiger partial charge in [-0.1, -0.05) is 0 Å². The van der Waals surface area contributed by atoms with Gasteiger partial charge in [-0.05, 0) is 58.7 Å². The minimum Gasteiger partial charge on any atom is -0.507 e. The minimum absolute atomic E-state index is 0.149. The molecule has 4 aromatic rings. The summed E-state index contributed by atoms with van der Waals surface area (Å²) in [5, 5.41) is 32.9.